The van der Waals surface area contributed by atoms with Gasteiger partial charge in [0.15, 0.2) is 0 Å². The van der Waals surface area contributed by atoms with Crippen LogP contribution in [0.15, 0.2) is 37.5 Å². The van der Waals surface area contributed by atoms with Crippen molar-refractivity contribution in [2.45, 2.75) is 114 Å². The maximum absolute atomic E-state index is 15.1. The second-order valence-corrected chi connectivity index (χ2v) is 13.0. The largest absolute Gasteiger partial charge is 0.462 e. The number of carbonyl (C=O) groups is 3. The molecule has 0 bridgehead atoms. The molecule has 314 valence electrons. The summed E-state index contributed by atoms with van der Waals surface area (Å²) in [5.74, 6) is -47.0. The summed E-state index contributed by atoms with van der Waals surface area (Å²) in [5.41, 5.74) is -4.45. The fourth-order valence-electron chi connectivity index (χ4n) is 4.80. The molecule has 0 aliphatic heterocycles. The van der Waals surface area contributed by atoms with Gasteiger partial charge in [0.1, 0.15) is 19.8 Å². The molecule has 0 aliphatic carbocycles. The number of aliphatic hydroxyl groups is 2. The van der Waals surface area contributed by atoms with Crippen molar-refractivity contribution in [2.75, 3.05) is 33.0 Å². The van der Waals surface area contributed by atoms with E-state index in [0.29, 0.717) is 25.0 Å². The average Bonchev–Trinajstić information content (AvgIpc) is 3.12. The molecule has 54 heavy (non-hydrogen) atoms. The fourth-order valence-corrected chi connectivity index (χ4v) is 4.80. The second-order valence-electron chi connectivity index (χ2n) is 13.0. The lowest BCUT2D eigenvalue weighted by atomic mass is 9.80. The van der Waals surface area contributed by atoms with Crippen LogP contribution in [0.25, 0.3) is 0 Å². The van der Waals surface area contributed by atoms with Crippen molar-refractivity contribution in [3.05, 3.63) is 37.5 Å². The standard InChI is InChI=1S/C34H46F12O8/c1-6-10-11-12-13-14-29(35,36)31(39,40)33(43,44)34(45,46)32(41,42)30(37,38)16-15-28(20-52-24(49)7-2,21-53-25(50)8-3)22-54-26(51)23(5)17-27(9-4,18-47)19-48/h7-8,47-48H,2-3,5-6,9-22H2,1,4H3. The summed E-state index contributed by atoms with van der Waals surface area (Å²) in [5, 5.41) is 19.3. The third kappa shape index (κ3) is 11.9. The van der Waals surface area contributed by atoms with Crippen LogP contribution in [-0.2, 0) is 28.6 Å². The lowest BCUT2D eigenvalue weighted by Crippen LogP contribution is -2.70. The van der Waals surface area contributed by atoms with Gasteiger partial charge in [-0.15, -0.1) is 0 Å². The maximum Gasteiger partial charge on any atom is 0.384 e. The molecule has 0 aliphatic rings. The number of alkyl halides is 12. The highest BCUT2D eigenvalue weighted by atomic mass is 19.4. The SMILES string of the molecule is C=CC(=O)OCC(CCC(F)(F)C(F)(F)C(F)(F)C(F)(F)C(F)(F)C(F)(F)CCCCCCC)(COC(=O)C=C)COC(=O)C(=C)CC(CC)(CO)CO. The van der Waals surface area contributed by atoms with Gasteiger partial charge >= 0.3 is 53.4 Å². The molecule has 0 unspecified atom stereocenters. The number of unbranched alkanes of at least 4 members (excludes halogenated alkanes) is 4. The van der Waals surface area contributed by atoms with E-state index in [0.717, 1.165) is 0 Å². The molecule has 0 fully saturated rings. The highest BCUT2D eigenvalue weighted by molar-refractivity contribution is 5.87. The molecule has 0 aromatic carbocycles. The first kappa shape index (κ1) is 50.7. The van der Waals surface area contributed by atoms with E-state index >= 15 is 8.78 Å². The third-order valence-corrected chi connectivity index (χ3v) is 8.85. The summed E-state index contributed by atoms with van der Waals surface area (Å²) in [4.78, 5) is 36.4. The number of hydrogen-bond acceptors (Lipinski definition) is 8. The van der Waals surface area contributed by atoms with Crippen LogP contribution < -0.4 is 0 Å². The monoisotopic (exact) mass is 810 g/mol. The van der Waals surface area contributed by atoms with Gasteiger partial charge in [0, 0.05) is 36.0 Å². The zero-order valence-electron chi connectivity index (χ0n) is 29.8. The summed E-state index contributed by atoms with van der Waals surface area (Å²) >= 11 is 0. The third-order valence-electron chi connectivity index (χ3n) is 8.85. The molecule has 0 saturated heterocycles. The zero-order valence-corrected chi connectivity index (χ0v) is 29.8. The lowest BCUT2D eigenvalue weighted by Gasteiger charge is -2.42. The molecule has 0 saturated carbocycles. The molecule has 0 heterocycles. The Morgan fingerprint density at radius 1 is 0.574 bits per heavy atom. The topological polar surface area (TPSA) is 119 Å². The molecule has 8 nitrogen and oxygen atoms in total. The van der Waals surface area contributed by atoms with Gasteiger partial charge in [-0.3, -0.25) is 0 Å². The van der Waals surface area contributed by atoms with Crippen molar-refractivity contribution in [1.29, 1.82) is 0 Å². The second kappa shape index (κ2) is 20.0. The van der Waals surface area contributed by atoms with E-state index in [9.17, 15) is 68.5 Å². The van der Waals surface area contributed by atoms with Crippen LogP contribution in [0.3, 0.4) is 0 Å². The van der Waals surface area contributed by atoms with Gasteiger partial charge in [0.05, 0.1) is 18.6 Å². The van der Waals surface area contributed by atoms with Gasteiger partial charge in [0.25, 0.3) is 0 Å². The molecule has 0 amide bonds. The minimum Gasteiger partial charge on any atom is -0.462 e. The van der Waals surface area contributed by atoms with Gasteiger partial charge in [-0.25, -0.2) is 14.4 Å². The van der Waals surface area contributed by atoms with Crippen LogP contribution in [0.4, 0.5) is 52.7 Å². The highest BCUT2D eigenvalue weighted by Gasteiger charge is 2.89. The van der Waals surface area contributed by atoms with E-state index in [1.165, 1.54) is 6.92 Å². The Kier molecular flexibility index (Phi) is 18.8. The van der Waals surface area contributed by atoms with Crippen molar-refractivity contribution in [2.24, 2.45) is 10.8 Å². The van der Waals surface area contributed by atoms with Gasteiger partial charge < -0.3 is 24.4 Å². The molecule has 0 rings (SSSR count). The normalized spacial score (nSPS) is 13.6. The van der Waals surface area contributed by atoms with Gasteiger partial charge in [-0.1, -0.05) is 59.3 Å². The number of rotatable bonds is 28. The first-order valence-electron chi connectivity index (χ1n) is 16.5. The molecule has 0 spiro atoms. The number of carbonyl (C=O) groups excluding carboxylic acids is 3. The zero-order chi connectivity index (χ0) is 42.5. The molecule has 20 heteroatoms. The summed E-state index contributed by atoms with van der Waals surface area (Å²) < 4.78 is 190. The number of ether oxygens (including phenoxy) is 3. The summed E-state index contributed by atoms with van der Waals surface area (Å²) in [7, 11) is 0. The number of aliphatic hydroxyl groups excluding tert-OH is 2. The van der Waals surface area contributed by atoms with E-state index in [-0.39, 0.29) is 19.3 Å². The Labute approximate surface area is 304 Å². The predicted octanol–water partition coefficient (Wildman–Crippen LogP) is 8.25. The van der Waals surface area contributed by atoms with E-state index in [2.05, 4.69) is 19.7 Å². The maximum atomic E-state index is 15.1. The van der Waals surface area contributed by atoms with E-state index in [4.69, 9.17) is 14.2 Å². The molecule has 0 aromatic heterocycles. The van der Waals surface area contributed by atoms with Crippen LogP contribution >= 0.6 is 0 Å². The average molecular weight is 811 g/mol. The Balaban J connectivity index is 6.77. The minimum atomic E-state index is -7.85. The quantitative estimate of drug-likeness (QED) is 0.0267. The molecule has 2 N–H and O–H groups in total. The molecule has 0 aromatic rings. The van der Waals surface area contributed by atoms with Crippen LogP contribution in [0.1, 0.15) is 78.1 Å². The summed E-state index contributed by atoms with van der Waals surface area (Å²) in [6.07, 6.45) is -6.16. The van der Waals surface area contributed by atoms with Crippen molar-refractivity contribution in [3.63, 3.8) is 0 Å². The first-order chi connectivity index (χ1) is 24.6. The van der Waals surface area contributed by atoms with E-state index in [1.54, 1.807) is 6.92 Å². The van der Waals surface area contributed by atoms with Crippen LogP contribution in [0.2, 0.25) is 0 Å². The van der Waals surface area contributed by atoms with Crippen molar-refractivity contribution in [3.8, 4) is 0 Å². The minimum absolute atomic E-state index is 0.0703. The number of esters is 3. The summed E-state index contributed by atoms with van der Waals surface area (Å²) in [6, 6.07) is 0. The Bertz CT molecular complexity index is 1250. The van der Waals surface area contributed by atoms with Crippen molar-refractivity contribution in [1.82, 2.24) is 0 Å². The fraction of sp³-hybridized carbons (Fsp3) is 0.735. The highest BCUT2D eigenvalue weighted by Crippen LogP contribution is 2.61. The Morgan fingerprint density at radius 2 is 0.981 bits per heavy atom. The lowest BCUT2D eigenvalue weighted by molar-refractivity contribution is -0.426. The Hall–Kier alpha value is -3.29. The number of halogens is 12. The molecular formula is C34H46F12O8. The van der Waals surface area contributed by atoms with Gasteiger partial charge in [-0.2, -0.15) is 52.7 Å². The van der Waals surface area contributed by atoms with Crippen LogP contribution in [0, 0.1) is 10.8 Å². The van der Waals surface area contributed by atoms with Crippen molar-refractivity contribution < 1.29 is 91.5 Å². The van der Waals surface area contributed by atoms with E-state index < -0.39 is 135 Å². The van der Waals surface area contributed by atoms with Crippen LogP contribution in [-0.4, -0.2) is 96.7 Å². The molecule has 0 atom stereocenters. The Morgan fingerprint density at radius 3 is 1.37 bits per heavy atom. The summed E-state index contributed by atoms with van der Waals surface area (Å²) in [6.45, 7) is 7.28. The smallest absolute Gasteiger partial charge is 0.384 e. The van der Waals surface area contributed by atoms with Crippen molar-refractivity contribution >= 4 is 17.9 Å². The van der Waals surface area contributed by atoms with Gasteiger partial charge in [-0.05, 0) is 25.7 Å². The van der Waals surface area contributed by atoms with Gasteiger partial charge in [0.2, 0.25) is 0 Å². The predicted molar refractivity (Wildman–Crippen MR) is 169 cm³/mol. The first-order valence-corrected chi connectivity index (χ1v) is 16.5. The van der Waals surface area contributed by atoms with Crippen LogP contribution in [0.5, 0.6) is 0 Å². The molecule has 0 radical (unpaired) electrons. The number of hydrogen-bond donors (Lipinski definition) is 2. The van der Waals surface area contributed by atoms with E-state index in [1.807, 2.05) is 0 Å². The molecular weight excluding hydrogens is 764 g/mol.